The first kappa shape index (κ1) is 11.2. The number of unbranched alkanes of at least 4 members (excludes halogenated alkanes) is 3. The van der Waals surface area contributed by atoms with Crippen LogP contribution in [-0.2, 0) is 0 Å². The zero-order valence-electron chi connectivity index (χ0n) is 7.35. The maximum Gasteiger partial charge on any atom is 0.0551 e. The molecule has 0 fully saturated rings. The molecule has 1 N–H and O–H groups in total. The molecule has 0 radical (unpaired) electrons. The van der Waals surface area contributed by atoms with Gasteiger partial charge in [-0.25, -0.2) is 0 Å². The Balaban J connectivity index is 2.97. The Labute approximate surface area is 74.8 Å². The molecule has 0 aliphatic carbocycles. The number of hydrogen-bond donors (Lipinski definition) is 1. The Kier molecular flexibility index (Phi) is 8.54. The first-order valence-electron chi connectivity index (χ1n) is 4.55. The first-order chi connectivity index (χ1) is 5.31. The molecule has 11 heavy (non-hydrogen) atoms. The Morgan fingerprint density at radius 2 is 1.91 bits per heavy atom. The number of alkyl halides is 1. The maximum atomic E-state index is 9.26. The van der Waals surface area contributed by atoms with E-state index in [4.69, 9.17) is 11.6 Å². The van der Waals surface area contributed by atoms with Crippen LogP contribution in [0.4, 0.5) is 0 Å². The summed E-state index contributed by atoms with van der Waals surface area (Å²) in [5.74, 6) is 0.578. The topological polar surface area (TPSA) is 20.2 Å². The van der Waals surface area contributed by atoms with Gasteiger partial charge in [0.15, 0.2) is 0 Å². The van der Waals surface area contributed by atoms with Gasteiger partial charge in [-0.1, -0.05) is 32.6 Å². The zero-order valence-corrected chi connectivity index (χ0v) is 8.11. The standard InChI is InChI=1S/C9H19ClO/c1-2-3-4-5-6-9(11)7-8-10/h9,11H,2-8H2,1H3/t9-/m0/s1. The van der Waals surface area contributed by atoms with E-state index in [0.29, 0.717) is 5.88 Å². The molecule has 0 bridgehead atoms. The van der Waals surface area contributed by atoms with Gasteiger partial charge in [-0.3, -0.25) is 0 Å². The lowest BCUT2D eigenvalue weighted by Gasteiger charge is -2.06. The highest BCUT2D eigenvalue weighted by Gasteiger charge is 2.01. The summed E-state index contributed by atoms with van der Waals surface area (Å²) in [5, 5.41) is 9.26. The van der Waals surface area contributed by atoms with E-state index in [0.717, 1.165) is 19.3 Å². The van der Waals surface area contributed by atoms with Crippen LogP contribution < -0.4 is 0 Å². The molecular weight excluding hydrogens is 160 g/mol. The van der Waals surface area contributed by atoms with E-state index in [-0.39, 0.29) is 6.10 Å². The van der Waals surface area contributed by atoms with E-state index >= 15 is 0 Å². The van der Waals surface area contributed by atoms with Crippen molar-refractivity contribution in [2.45, 2.75) is 51.6 Å². The van der Waals surface area contributed by atoms with E-state index < -0.39 is 0 Å². The highest BCUT2D eigenvalue weighted by atomic mass is 35.5. The Morgan fingerprint density at radius 3 is 2.45 bits per heavy atom. The van der Waals surface area contributed by atoms with Gasteiger partial charge in [0.1, 0.15) is 0 Å². The summed E-state index contributed by atoms with van der Waals surface area (Å²) in [4.78, 5) is 0. The van der Waals surface area contributed by atoms with Gasteiger partial charge in [-0.2, -0.15) is 0 Å². The predicted molar refractivity (Wildman–Crippen MR) is 50.1 cm³/mol. The van der Waals surface area contributed by atoms with Gasteiger partial charge >= 0.3 is 0 Å². The van der Waals surface area contributed by atoms with Crippen LogP contribution in [0.3, 0.4) is 0 Å². The fourth-order valence-electron chi connectivity index (χ4n) is 1.08. The third kappa shape index (κ3) is 8.15. The Hall–Kier alpha value is 0.250. The number of halogens is 1. The number of aliphatic hydroxyl groups is 1. The molecule has 0 aliphatic heterocycles. The highest BCUT2D eigenvalue weighted by Crippen LogP contribution is 2.07. The predicted octanol–water partition coefficient (Wildman–Crippen LogP) is 2.95. The van der Waals surface area contributed by atoms with Gasteiger partial charge in [-0.05, 0) is 12.8 Å². The molecule has 0 aromatic rings. The average Bonchev–Trinajstić information content (AvgIpc) is 1.99. The van der Waals surface area contributed by atoms with Crippen molar-refractivity contribution in [3.05, 3.63) is 0 Å². The molecule has 0 amide bonds. The molecule has 0 rings (SSSR count). The molecule has 0 heterocycles. The van der Waals surface area contributed by atoms with E-state index in [1.165, 1.54) is 19.3 Å². The van der Waals surface area contributed by atoms with Crippen LogP contribution in [0.2, 0.25) is 0 Å². The van der Waals surface area contributed by atoms with Crippen LogP contribution in [-0.4, -0.2) is 17.1 Å². The molecule has 0 saturated carbocycles. The van der Waals surface area contributed by atoms with Gasteiger partial charge in [-0.15, -0.1) is 11.6 Å². The summed E-state index contributed by atoms with van der Waals surface area (Å²) in [7, 11) is 0. The number of rotatable bonds is 7. The number of aliphatic hydroxyl groups excluding tert-OH is 1. The van der Waals surface area contributed by atoms with Crippen LogP contribution in [0.1, 0.15) is 45.4 Å². The maximum absolute atomic E-state index is 9.26. The van der Waals surface area contributed by atoms with Crippen molar-refractivity contribution in [1.29, 1.82) is 0 Å². The van der Waals surface area contributed by atoms with Gasteiger partial charge in [0.05, 0.1) is 6.10 Å². The van der Waals surface area contributed by atoms with Crippen molar-refractivity contribution in [2.24, 2.45) is 0 Å². The van der Waals surface area contributed by atoms with Gasteiger partial charge in [0.2, 0.25) is 0 Å². The van der Waals surface area contributed by atoms with Crippen molar-refractivity contribution >= 4 is 11.6 Å². The van der Waals surface area contributed by atoms with Gasteiger partial charge < -0.3 is 5.11 Å². The minimum atomic E-state index is -0.163. The molecule has 0 aliphatic rings. The van der Waals surface area contributed by atoms with Gasteiger partial charge in [0.25, 0.3) is 0 Å². The van der Waals surface area contributed by atoms with E-state index in [1.54, 1.807) is 0 Å². The minimum Gasteiger partial charge on any atom is -0.393 e. The van der Waals surface area contributed by atoms with Crippen LogP contribution in [0, 0.1) is 0 Å². The lowest BCUT2D eigenvalue weighted by Crippen LogP contribution is -2.06. The lowest BCUT2D eigenvalue weighted by molar-refractivity contribution is 0.157. The second-order valence-electron chi connectivity index (χ2n) is 2.98. The Morgan fingerprint density at radius 1 is 1.18 bits per heavy atom. The molecule has 0 unspecified atom stereocenters. The second kappa shape index (κ2) is 8.35. The molecule has 0 aromatic heterocycles. The van der Waals surface area contributed by atoms with Crippen molar-refractivity contribution in [2.75, 3.05) is 5.88 Å². The smallest absolute Gasteiger partial charge is 0.0551 e. The third-order valence-corrected chi connectivity index (χ3v) is 2.05. The summed E-state index contributed by atoms with van der Waals surface area (Å²) in [5.41, 5.74) is 0. The van der Waals surface area contributed by atoms with Crippen LogP contribution in [0.15, 0.2) is 0 Å². The van der Waals surface area contributed by atoms with Gasteiger partial charge in [0, 0.05) is 5.88 Å². The third-order valence-electron chi connectivity index (χ3n) is 1.83. The fraction of sp³-hybridized carbons (Fsp3) is 1.00. The minimum absolute atomic E-state index is 0.163. The molecule has 1 atom stereocenters. The summed E-state index contributed by atoms with van der Waals surface area (Å²) in [6.07, 6.45) is 6.44. The Bertz CT molecular complexity index is 76.0. The summed E-state index contributed by atoms with van der Waals surface area (Å²) in [6.45, 7) is 2.19. The second-order valence-corrected chi connectivity index (χ2v) is 3.36. The molecule has 68 valence electrons. The summed E-state index contributed by atoms with van der Waals surface area (Å²) < 4.78 is 0. The largest absolute Gasteiger partial charge is 0.393 e. The molecule has 0 aromatic carbocycles. The van der Waals surface area contributed by atoms with Crippen LogP contribution in [0.25, 0.3) is 0 Å². The van der Waals surface area contributed by atoms with E-state index in [1.807, 2.05) is 0 Å². The molecule has 2 heteroatoms. The highest BCUT2D eigenvalue weighted by molar-refractivity contribution is 6.17. The van der Waals surface area contributed by atoms with Crippen molar-refractivity contribution in [3.8, 4) is 0 Å². The van der Waals surface area contributed by atoms with Crippen molar-refractivity contribution < 1.29 is 5.11 Å². The zero-order chi connectivity index (χ0) is 8.53. The van der Waals surface area contributed by atoms with Crippen molar-refractivity contribution in [1.82, 2.24) is 0 Å². The lowest BCUT2D eigenvalue weighted by atomic mass is 10.1. The normalized spacial score (nSPS) is 13.4. The van der Waals surface area contributed by atoms with Crippen molar-refractivity contribution in [3.63, 3.8) is 0 Å². The quantitative estimate of drug-likeness (QED) is 0.470. The van der Waals surface area contributed by atoms with Crippen LogP contribution in [0.5, 0.6) is 0 Å². The SMILES string of the molecule is CCCCCC[C@H](O)CCCl. The average molecular weight is 179 g/mol. The summed E-state index contributed by atoms with van der Waals surface area (Å²) in [6, 6.07) is 0. The number of hydrogen-bond acceptors (Lipinski definition) is 1. The fourth-order valence-corrected chi connectivity index (χ4v) is 1.33. The first-order valence-corrected chi connectivity index (χ1v) is 5.08. The monoisotopic (exact) mass is 178 g/mol. The molecular formula is C9H19ClO. The molecule has 0 saturated heterocycles. The molecule has 0 spiro atoms. The summed E-state index contributed by atoms with van der Waals surface area (Å²) >= 11 is 5.48. The van der Waals surface area contributed by atoms with E-state index in [2.05, 4.69) is 6.92 Å². The van der Waals surface area contributed by atoms with E-state index in [9.17, 15) is 5.11 Å². The molecule has 1 nitrogen and oxygen atoms in total. The van der Waals surface area contributed by atoms with Crippen LogP contribution >= 0.6 is 11.6 Å².